The lowest BCUT2D eigenvalue weighted by molar-refractivity contribution is -0.128. The van der Waals surface area contributed by atoms with Gasteiger partial charge in [0.05, 0.1) is 6.54 Å². The molecule has 4 heteroatoms. The van der Waals surface area contributed by atoms with Gasteiger partial charge < -0.3 is 14.8 Å². The van der Waals surface area contributed by atoms with Gasteiger partial charge in [0.2, 0.25) is 0 Å². The quantitative estimate of drug-likeness (QED) is 0.689. The molecule has 2 aromatic carbocycles. The number of hydrogen-bond donors (Lipinski definition) is 1. The number of hydrogen-bond acceptors (Lipinski definition) is 3. The van der Waals surface area contributed by atoms with Gasteiger partial charge in [-0.05, 0) is 42.0 Å². The Morgan fingerprint density at radius 3 is 2.30 bits per heavy atom. The lowest BCUT2D eigenvalue weighted by Crippen LogP contribution is -2.40. The molecule has 0 aliphatic heterocycles. The highest BCUT2D eigenvalue weighted by Crippen LogP contribution is 2.30. The van der Waals surface area contributed by atoms with E-state index < -0.39 is 6.10 Å². The van der Waals surface area contributed by atoms with E-state index in [1.807, 2.05) is 56.3 Å². The van der Waals surface area contributed by atoms with Crippen LogP contribution in [0.1, 0.15) is 45.2 Å². The van der Waals surface area contributed by atoms with Gasteiger partial charge in [0, 0.05) is 0 Å². The third-order valence-corrected chi connectivity index (χ3v) is 4.38. The van der Waals surface area contributed by atoms with Crippen molar-refractivity contribution in [2.45, 2.75) is 52.6 Å². The van der Waals surface area contributed by atoms with Gasteiger partial charge in [-0.25, -0.2) is 0 Å². The van der Waals surface area contributed by atoms with Crippen LogP contribution < -0.4 is 14.8 Å². The highest BCUT2D eigenvalue weighted by Gasteiger charge is 2.20. The molecular formula is C23H31NO3. The Bertz CT molecular complexity index is 749. The van der Waals surface area contributed by atoms with Gasteiger partial charge in [0.15, 0.2) is 6.10 Å². The van der Waals surface area contributed by atoms with Crippen molar-refractivity contribution in [3.05, 3.63) is 59.7 Å². The average Bonchev–Trinajstić information content (AvgIpc) is 2.64. The van der Waals surface area contributed by atoms with Gasteiger partial charge >= 0.3 is 0 Å². The average molecular weight is 370 g/mol. The van der Waals surface area contributed by atoms with Crippen LogP contribution in [-0.4, -0.2) is 25.2 Å². The van der Waals surface area contributed by atoms with E-state index >= 15 is 0 Å². The Morgan fingerprint density at radius 2 is 1.67 bits per heavy atom. The molecule has 0 aliphatic rings. The summed E-state index contributed by atoms with van der Waals surface area (Å²) in [5.41, 5.74) is 2.19. The van der Waals surface area contributed by atoms with Crippen molar-refractivity contribution >= 4 is 5.91 Å². The van der Waals surface area contributed by atoms with E-state index in [0.29, 0.717) is 19.6 Å². The maximum atomic E-state index is 12.4. The van der Waals surface area contributed by atoms with Crippen molar-refractivity contribution < 1.29 is 14.3 Å². The number of ether oxygens (including phenoxy) is 2. The van der Waals surface area contributed by atoms with Gasteiger partial charge in [0.1, 0.15) is 18.1 Å². The highest BCUT2D eigenvalue weighted by molar-refractivity contribution is 5.81. The van der Waals surface area contributed by atoms with Crippen molar-refractivity contribution in [2.24, 2.45) is 0 Å². The summed E-state index contributed by atoms with van der Waals surface area (Å²) >= 11 is 0. The normalized spacial score (nSPS) is 12.3. The Morgan fingerprint density at radius 1 is 1.04 bits per heavy atom. The second kappa shape index (κ2) is 9.45. The van der Waals surface area contributed by atoms with Gasteiger partial charge in [0.25, 0.3) is 5.91 Å². The Hall–Kier alpha value is -2.49. The van der Waals surface area contributed by atoms with Crippen molar-refractivity contribution in [1.29, 1.82) is 0 Å². The van der Waals surface area contributed by atoms with Crippen molar-refractivity contribution in [3.63, 3.8) is 0 Å². The van der Waals surface area contributed by atoms with Crippen molar-refractivity contribution in [1.82, 2.24) is 5.32 Å². The molecule has 4 nitrogen and oxygen atoms in total. The first-order valence-electron chi connectivity index (χ1n) is 9.55. The minimum Gasteiger partial charge on any atom is -0.491 e. The van der Waals surface area contributed by atoms with E-state index in [4.69, 9.17) is 9.47 Å². The maximum Gasteiger partial charge on any atom is 0.261 e. The van der Waals surface area contributed by atoms with Gasteiger partial charge in [-0.3, -0.25) is 4.79 Å². The zero-order valence-corrected chi connectivity index (χ0v) is 17.0. The number of rotatable bonds is 8. The SMILES string of the molecule is CC[C@H](Oc1ccccc1C)C(=O)NCCOc1ccccc1C(C)(C)C. The standard InChI is InChI=1S/C23H31NO3/c1-6-19(27-20-13-9-7-11-17(20)2)22(25)24-15-16-26-21-14-10-8-12-18(21)23(3,4)5/h7-14,19H,6,15-16H2,1-5H3,(H,24,25)/t19-/m0/s1. The lowest BCUT2D eigenvalue weighted by Gasteiger charge is -2.23. The number of nitrogens with one attached hydrogen (secondary N) is 1. The highest BCUT2D eigenvalue weighted by atomic mass is 16.5. The zero-order chi connectivity index (χ0) is 19.9. The predicted molar refractivity (Wildman–Crippen MR) is 110 cm³/mol. The third-order valence-electron chi connectivity index (χ3n) is 4.38. The molecule has 2 rings (SSSR count). The minimum atomic E-state index is -0.507. The van der Waals surface area contributed by atoms with Crippen LogP contribution in [-0.2, 0) is 10.2 Å². The Balaban J connectivity index is 1.86. The van der Waals surface area contributed by atoms with Crippen LogP contribution in [0.2, 0.25) is 0 Å². The Kier molecular flexibility index (Phi) is 7.28. The molecule has 1 N–H and O–H groups in total. The van der Waals surface area contributed by atoms with E-state index in [9.17, 15) is 4.79 Å². The summed E-state index contributed by atoms with van der Waals surface area (Å²) in [6.07, 6.45) is 0.0985. The zero-order valence-electron chi connectivity index (χ0n) is 17.0. The monoisotopic (exact) mass is 369 g/mol. The van der Waals surface area contributed by atoms with Crippen LogP contribution >= 0.6 is 0 Å². The molecule has 0 saturated heterocycles. The van der Waals surface area contributed by atoms with Crippen LogP contribution in [0.15, 0.2) is 48.5 Å². The summed E-state index contributed by atoms with van der Waals surface area (Å²) < 4.78 is 11.8. The summed E-state index contributed by atoms with van der Waals surface area (Å²) in [6.45, 7) is 11.2. The molecule has 0 bridgehead atoms. The predicted octanol–water partition coefficient (Wildman–Crippen LogP) is 4.65. The van der Waals surface area contributed by atoms with Gasteiger partial charge in [-0.2, -0.15) is 0 Å². The molecule has 0 aliphatic carbocycles. The number of carbonyl (C=O) groups is 1. The van der Waals surface area contributed by atoms with Crippen LogP contribution in [0.4, 0.5) is 0 Å². The summed E-state index contributed by atoms with van der Waals surface area (Å²) in [4.78, 5) is 12.4. The number of para-hydroxylation sites is 2. The first-order valence-corrected chi connectivity index (χ1v) is 9.55. The fourth-order valence-corrected chi connectivity index (χ4v) is 2.83. The lowest BCUT2D eigenvalue weighted by atomic mass is 9.86. The van der Waals surface area contributed by atoms with E-state index in [1.165, 1.54) is 0 Å². The molecule has 27 heavy (non-hydrogen) atoms. The van der Waals surface area contributed by atoms with E-state index in [0.717, 1.165) is 22.6 Å². The van der Waals surface area contributed by atoms with Crippen LogP contribution in [0.3, 0.4) is 0 Å². The number of aryl methyl sites for hydroxylation is 1. The van der Waals surface area contributed by atoms with Crippen molar-refractivity contribution in [3.8, 4) is 11.5 Å². The summed E-state index contributed by atoms with van der Waals surface area (Å²) in [5, 5.41) is 2.91. The second-order valence-electron chi connectivity index (χ2n) is 7.67. The summed E-state index contributed by atoms with van der Waals surface area (Å²) in [6, 6.07) is 15.8. The topological polar surface area (TPSA) is 47.6 Å². The number of carbonyl (C=O) groups excluding carboxylic acids is 1. The van der Waals surface area contributed by atoms with Gasteiger partial charge in [-0.1, -0.05) is 64.1 Å². The molecule has 0 saturated carbocycles. The summed E-state index contributed by atoms with van der Waals surface area (Å²) in [7, 11) is 0. The number of amides is 1. The molecule has 0 heterocycles. The molecule has 0 unspecified atom stereocenters. The maximum absolute atomic E-state index is 12.4. The molecule has 0 radical (unpaired) electrons. The molecule has 0 fully saturated rings. The fourth-order valence-electron chi connectivity index (χ4n) is 2.83. The van der Waals surface area contributed by atoms with Crippen LogP contribution in [0.5, 0.6) is 11.5 Å². The minimum absolute atomic E-state index is 0.00846. The molecule has 1 atom stereocenters. The molecule has 146 valence electrons. The van der Waals surface area contributed by atoms with E-state index in [2.05, 4.69) is 32.2 Å². The second-order valence-corrected chi connectivity index (χ2v) is 7.67. The first-order chi connectivity index (χ1) is 12.8. The molecule has 2 aromatic rings. The van der Waals surface area contributed by atoms with E-state index in [1.54, 1.807) is 0 Å². The molecule has 0 aromatic heterocycles. The van der Waals surface area contributed by atoms with Crippen LogP contribution in [0, 0.1) is 6.92 Å². The van der Waals surface area contributed by atoms with Crippen molar-refractivity contribution in [2.75, 3.05) is 13.2 Å². The summed E-state index contributed by atoms with van der Waals surface area (Å²) in [5.74, 6) is 1.49. The van der Waals surface area contributed by atoms with Gasteiger partial charge in [-0.15, -0.1) is 0 Å². The third kappa shape index (κ3) is 6.02. The number of benzene rings is 2. The first kappa shape index (κ1) is 20.8. The smallest absolute Gasteiger partial charge is 0.261 e. The fraction of sp³-hybridized carbons (Fsp3) is 0.435. The molecular weight excluding hydrogens is 338 g/mol. The Labute approximate surface area is 162 Å². The molecule has 0 spiro atoms. The molecule has 1 amide bonds. The van der Waals surface area contributed by atoms with E-state index in [-0.39, 0.29) is 11.3 Å². The van der Waals surface area contributed by atoms with Crippen LogP contribution in [0.25, 0.3) is 0 Å². The largest absolute Gasteiger partial charge is 0.491 e.